The van der Waals surface area contributed by atoms with E-state index in [2.05, 4.69) is 17.9 Å². The predicted octanol–water partition coefficient (Wildman–Crippen LogP) is 4.19. The largest absolute Gasteiger partial charge is 0.322 e. The maximum Gasteiger partial charge on any atom is 0.255 e. The summed E-state index contributed by atoms with van der Waals surface area (Å²) in [6, 6.07) is 12.5. The minimum absolute atomic E-state index is 0.147. The molecule has 2 rings (SSSR count). The summed E-state index contributed by atoms with van der Waals surface area (Å²) in [6.45, 7) is 1.89. The zero-order valence-corrected chi connectivity index (χ0v) is 11.4. The van der Waals surface area contributed by atoms with Crippen LogP contribution in [0, 0.1) is 6.92 Å². The molecule has 0 aliphatic heterocycles. The number of nitrogens with one attached hydrogen (secondary N) is 1. The van der Waals surface area contributed by atoms with Gasteiger partial charge in [-0.15, -0.1) is 12.6 Å². The van der Waals surface area contributed by atoms with E-state index in [-0.39, 0.29) is 5.91 Å². The van der Waals surface area contributed by atoms with Gasteiger partial charge in [0.25, 0.3) is 5.91 Å². The predicted molar refractivity (Wildman–Crippen MR) is 77.8 cm³/mol. The third-order valence-electron chi connectivity index (χ3n) is 2.57. The number of benzene rings is 2. The van der Waals surface area contributed by atoms with Gasteiger partial charge >= 0.3 is 0 Å². The van der Waals surface area contributed by atoms with Crippen molar-refractivity contribution in [1.29, 1.82) is 0 Å². The number of rotatable bonds is 2. The molecule has 1 N–H and O–H groups in total. The van der Waals surface area contributed by atoms with Gasteiger partial charge in [0.05, 0.1) is 0 Å². The molecule has 2 nitrogen and oxygen atoms in total. The number of hydrogen-bond acceptors (Lipinski definition) is 2. The molecule has 2 aromatic rings. The fraction of sp³-hybridized carbons (Fsp3) is 0.0714. The van der Waals surface area contributed by atoms with E-state index in [1.54, 1.807) is 30.3 Å². The second kappa shape index (κ2) is 5.46. The summed E-state index contributed by atoms with van der Waals surface area (Å²) in [6.07, 6.45) is 0. The minimum Gasteiger partial charge on any atom is -0.322 e. The molecule has 18 heavy (non-hydrogen) atoms. The van der Waals surface area contributed by atoms with Crippen LogP contribution in [0.4, 0.5) is 5.69 Å². The highest BCUT2D eigenvalue weighted by Crippen LogP contribution is 2.17. The molecule has 0 fully saturated rings. The molecular weight excluding hydrogens is 266 g/mol. The number of carbonyl (C=O) groups is 1. The average molecular weight is 278 g/mol. The lowest BCUT2D eigenvalue weighted by Crippen LogP contribution is -2.13. The molecule has 0 heterocycles. The first-order valence-corrected chi connectivity index (χ1v) is 6.25. The molecule has 92 valence electrons. The van der Waals surface area contributed by atoms with Gasteiger partial charge in [-0.25, -0.2) is 0 Å². The quantitative estimate of drug-likeness (QED) is 0.792. The van der Waals surface area contributed by atoms with Gasteiger partial charge in [0, 0.05) is 21.2 Å². The topological polar surface area (TPSA) is 29.1 Å². The Labute approximate surface area is 116 Å². The number of thiol groups is 1. The fourth-order valence-corrected chi connectivity index (χ4v) is 1.92. The van der Waals surface area contributed by atoms with Crippen LogP contribution in [0.25, 0.3) is 0 Å². The van der Waals surface area contributed by atoms with Crippen LogP contribution in [0.1, 0.15) is 15.9 Å². The summed E-state index contributed by atoms with van der Waals surface area (Å²) >= 11 is 10.0. The highest BCUT2D eigenvalue weighted by molar-refractivity contribution is 7.80. The first-order valence-electron chi connectivity index (χ1n) is 5.43. The Balaban J connectivity index is 2.21. The number of hydrogen-bond donors (Lipinski definition) is 2. The van der Waals surface area contributed by atoms with E-state index in [1.165, 1.54) is 0 Å². The fourth-order valence-electron chi connectivity index (χ4n) is 1.59. The molecule has 2 aromatic carbocycles. The molecule has 0 saturated heterocycles. The lowest BCUT2D eigenvalue weighted by molar-refractivity contribution is 0.102. The van der Waals surface area contributed by atoms with Crippen LogP contribution in [0.15, 0.2) is 47.4 Å². The van der Waals surface area contributed by atoms with Crippen LogP contribution in [-0.4, -0.2) is 5.91 Å². The first kappa shape index (κ1) is 13.0. The van der Waals surface area contributed by atoms with Crippen molar-refractivity contribution in [3.05, 3.63) is 58.6 Å². The number of carbonyl (C=O) groups excluding carboxylic acids is 1. The van der Waals surface area contributed by atoms with Crippen LogP contribution in [0.3, 0.4) is 0 Å². The van der Waals surface area contributed by atoms with E-state index in [9.17, 15) is 4.79 Å². The highest BCUT2D eigenvalue weighted by atomic mass is 35.5. The molecule has 0 bridgehead atoms. The lowest BCUT2D eigenvalue weighted by Gasteiger charge is -2.08. The summed E-state index contributed by atoms with van der Waals surface area (Å²) in [5, 5.41) is 3.46. The van der Waals surface area contributed by atoms with Crippen molar-refractivity contribution < 1.29 is 4.79 Å². The summed E-state index contributed by atoms with van der Waals surface area (Å²) in [7, 11) is 0. The molecule has 0 aliphatic carbocycles. The molecule has 0 unspecified atom stereocenters. The van der Waals surface area contributed by atoms with Gasteiger partial charge in [-0.1, -0.05) is 17.7 Å². The molecule has 0 spiro atoms. The zero-order chi connectivity index (χ0) is 13.1. The second-order valence-corrected chi connectivity index (χ2v) is 4.91. The second-order valence-electron chi connectivity index (χ2n) is 3.96. The summed E-state index contributed by atoms with van der Waals surface area (Å²) < 4.78 is 0. The number of anilines is 1. The van der Waals surface area contributed by atoms with Crippen molar-refractivity contribution in [3.63, 3.8) is 0 Å². The Bertz CT molecular complexity index is 581. The maximum atomic E-state index is 12.1. The Morgan fingerprint density at radius 1 is 1.17 bits per heavy atom. The summed E-state index contributed by atoms with van der Waals surface area (Å²) in [4.78, 5) is 12.9. The number of halogens is 1. The van der Waals surface area contributed by atoms with Gasteiger partial charge in [-0.2, -0.15) is 0 Å². The Hall–Kier alpha value is -1.45. The van der Waals surface area contributed by atoms with E-state index >= 15 is 0 Å². The number of aryl methyl sites for hydroxylation is 1. The molecule has 4 heteroatoms. The highest BCUT2D eigenvalue weighted by Gasteiger charge is 2.09. The van der Waals surface area contributed by atoms with Crippen molar-refractivity contribution in [2.24, 2.45) is 0 Å². The average Bonchev–Trinajstić information content (AvgIpc) is 2.35. The summed E-state index contributed by atoms with van der Waals surface area (Å²) in [5.74, 6) is -0.147. The van der Waals surface area contributed by atoms with E-state index in [0.717, 1.165) is 10.5 Å². The van der Waals surface area contributed by atoms with Crippen LogP contribution in [0.5, 0.6) is 0 Å². The van der Waals surface area contributed by atoms with Crippen molar-refractivity contribution in [2.45, 2.75) is 11.8 Å². The van der Waals surface area contributed by atoms with Gasteiger partial charge < -0.3 is 5.32 Å². The molecule has 0 saturated carbocycles. The van der Waals surface area contributed by atoms with Crippen LogP contribution in [-0.2, 0) is 0 Å². The van der Waals surface area contributed by atoms with Gasteiger partial charge in [0.1, 0.15) is 0 Å². The molecule has 0 aromatic heterocycles. The van der Waals surface area contributed by atoms with Crippen molar-refractivity contribution >= 4 is 35.8 Å². The SMILES string of the molecule is Cc1ccc(S)cc1C(=O)Nc1ccc(Cl)cc1. The van der Waals surface area contributed by atoms with E-state index in [4.69, 9.17) is 11.6 Å². The van der Waals surface area contributed by atoms with E-state index in [1.807, 2.05) is 19.1 Å². The number of amides is 1. The third kappa shape index (κ3) is 3.06. The van der Waals surface area contributed by atoms with Crippen molar-refractivity contribution in [1.82, 2.24) is 0 Å². The van der Waals surface area contributed by atoms with E-state index in [0.29, 0.717) is 16.3 Å². The molecule has 0 atom stereocenters. The Morgan fingerprint density at radius 3 is 2.50 bits per heavy atom. The molecule has 0 aliphatic rings. The monoisotopic (exact) mass is 277 g/mol. The van der Waals surface area contributed by atoms with Crippen LogP contribution in [0.2, 0.25) is 5.02 Å². The first-order chi connectivity index (χ1) is 8.56. The molecule has 0 radical (unpaired) electrons. The van der Waals surface area contributed by atoms with Gasteiger partial charge in [0.15, 0.2) is 0 Å². The lowest BCUT2D eigenvalue weighted by atomic mass is 10.1. The normalized spacial score (nSPS) is 10.2. The Morgan fingerprint density at radius 2 is 1.83 bits per heavy atom. The molecule has 1 amide bonds. The molecular formula is C14H12ClNOS. The van der Waals surface area contributed by atoms with Crippen LogP contribution < -0.4 is 5.32 Å². The smallest absolute Gasteiger partial charge is 0.255 e. The van der Waals surface area contributed by atoms with Crippen molar-refractivity contribution in [3.8, 4) is 0 Å². The third-order valence-corrected chi connectivity index (χ3v) is 3.10. The van der Waals surface area contributed by atoms with Gasteiger partial charge in [0.2, 0.25) is 0 Å². The summed E-state index contributed by atoms with van der Waals surface area (Å²) in [5.41, 5.74) is 2.25. The van der Waals surface area contributed by atoms with Gasteiger partial charge in [-0.05, 0) is 48.9 Å². The zero-order valence-electron chi connectivity index (χ0n) is 9.77. The standard InChI is InChI=1S/C14H12ClNOS/c1-9-2-7-12(18)8-13(9)14(17)16-11-5-3-10(15)4-6-11/h2-8,18H,1H3,(H,16,17). The Kier molecular flexibility index (Phi) is 3.94. The minimum atomic E-state index is -0.147. The van der Waals surface area contributed by atoms with Gasteiger partial charge in [-0.3, -0.25) is 4.79 Å². The van der Waals surface area contributed by atoms with Crippen LogP contribution >= 0.6 is 24.2 Å². The van der Waals surface area contributed by atoms with Crippen molar-refractivity contribution in [2.75, 3.05) is 5.32 Å². The maximum absolute atomic E-state index is 12.1. The van der Waals surface area contributed by atoms with E-state index < -0.39 is 0 Å².